The molecule has 0 heterocycles. The topological polar surface area (TPSA) is 0 Å². The van der Waals surface area contributed by atoms with Gasteiger partial charge in [0, 0.05) is 11.8 Å². The van der Waals surface area contributed by atoms with Gasteiger partial charge in [0.2, 0.25) is 0 Å². The van der Waals surface area contributed by atoms with Crippen LogP contribution in [0.25, 0.3) is 0 Å². The lowest BCUT2D eigenvalue weighted by molar-refractivity contribution is 1.16. The van der Waals surface area contributed by atoms with Crippen molar-refractivity contribution < 1.29 is 0 Å². The van der Waals surface area contributed by atoms with E-state index in [1.807, 2.05) is 0 Å². The minimum Gasteiger partial charge on any atom is -0.0495 e. The predicted molar refractivity (Wildman–Crippen MR) is 51.2 cm³/mol. The van der Waals surface area contributed by atoms with Crippen molar-refractivity contribution in [3.8, 4) is 0 Å². The quantitative estimate of drug-likeness (QED) is 0.526. The lowest BCUT2D eigenvalue weighted by Crippen LogP contribution is -1.99. The second kappa shape index (κ2) is 0.939. The molecule has 0 N–H and O–H groups in total. The average Bonchev–Trinajstić information content (AvgIpc) is 2.71. The third-order valence-electron chi connectivity index (χ3n) is 5.03. The van der Waals surface area contributed by atoms with Gasteiger partial charge in [-0.1, -0.05) is 0 Å². The molecular formula is C14H4. The fourth-order valence-electron chi connectivity index (χ4n) is 4.60. The molecule has 9 rings (SSSR count). The third kappa shape index (κ3) is 0.211. The lowest BCUT2D eigenvalue weighted by atomic mass is 9.87. The van der Waals surface area contributed by atoms with Crippen molar-refractivity contribution in [2.45, 2.75) is 0 Å². The molecule has 0 saturated heterocycles. The molecular weight excluding hydrogens is 168 g/mol. The highest BCUT2D eigenvalue weighted by Gasteiger charge is 2.67. The third-order valence-corrected chi connectivity index (χ3v) is 5.03. The zero-order valence-corrected chi connectivity index (χ0v) is 7.31. The molecule has 0 nitrogen and oxygen atoms in total. The number of rotatable bonds is 0. The fraction of sp³-hybridized carbons (Fsp3) is 0.143. The van der Waals surface area contributed by atoms with Crippen LogP contribution in [0.1, 0.15) is 0 Å². The van der Waals surface area contributed by atoms with Crippen molar-refractivity contribution in [2.75, 3.05) is 0 Å². The molecule has 0 aromatic rings. The Balaban J connectivity index is 1.88. The minimum absolute atomic E-state index is 0.796. The van der Waals surface area contributed by atoms with Crippen LogP contribution in [0, 0.1) is 11.8 Å². The second-order valence-corrected chi connectivity index (χ2v) is 5.30. The van der Waals surface area contributed by atoms with Crippen LogP contribution >= 0.6 is 0 Å². The van der Waals surface area contributed by atoms with Crippen molar-refractivity contribution in [3.05, 3.63) is 67.9 Å². The number of hydrogen-bond acceptors (Lipinski definition) is 0. The van der Waals surface area contributed by atoms with Gasteiger partial charge in [0.1, 0.15) is 0 Å². The molecule has 12 bridgehead atoms. The lowest BCUT2D eigenvalue weighted by Gasteiger charge is -2.15. The Bertz CT molecular complexity index is 688. The van der Waals surface area contributed by atoms with Crippen LogP contribution in [0.2, 0.25) is 0 Å². The van der Waals surface area contributed by atoms with Gasteiger partial charge in [-0.3, -0.25) is 0 Å². The van der Waals surface area contributed by atoms with Gasteiger partial charge >= 0.3 is 0 Å². The van der Waals surface area contributed by atoms with Crippen molar-refractivity contribution in [1.29, 1.82) is 0 Å². The zero-order chi connectivity index (χ0) is 8.34. The zero-order valence-electron chi connectivity index (χ0n) is 7.31. The highest BCUT2D eigenvalue weighted by Crippen LogP contribution is 2.80. The molecule has 2 fully saturated rings. The molecule has 0 amide bonds. The summed E-state index contributed by atoms with van der Waals surface area (Å²) in [5.74, 6) is 1.59. The largest absolute Gasteiger partial charge is 0.0495 e. The van der Waals surface area contributed by atoms with E-state index >= 15 is 0 Å². The summed E-state index contributed by atoms with van der Waals surface area (Å²) in [4.78, 5) is 0. The Morgan fingerprint density at radius 3 is 1.57 bits per heavy atom. The van der Waals surface area contributed by atoms with Crippen LogP contribution in [-0.4, -0.2) is 0 Å². The van der Waals surface area contributed by atoms with E-state index in [0.29, 0.717) is 0 Å². The molecule has 0 radical (unpaired) electrons. The summed E-state index contributed by atoms with van der Waals surface area (Å²) in [6, 6.07) is 0. The van der Waals surface area contributed by atoms with E-state index in [1.165, 1.54) is 0 Å². The van der Waals surface area contributed by atoms with Gasteiger partial charge in [0.15, 0.2) is 0 Å². The summed E-state index contributed by atoms with van der Waals surface area (Å²) in [7, 11) is 0. The van der Waals surface area contributed by atoms with Gasteiger partial charge < -0.3 is 0 Å². The molecule has 14 heavy (non-hydrogen) atoms. The predicted octanol–water partition coefficient (Wildman–Crippen LogP) is 2.35. The fourth-order valence-corrected chi connectivity index (χ4v) is 4.60. The van der Waals surface area contributed by atoms with Crippen LogP contribution in [0.4, 0.5) is 0 Å². The summed E-state index contributed by atoms with van der Waals surface area (Å²) in [5.41, 5.74) is 16.8. The average molecular weight is 172 g/mol. The highest BCUT2D eigenvalue weighted by atomic mass is 14.7. The maximum Gasteiger partial charge on any atom is 0.0365 e. The maximum atomic E-state index is 2.46. The molecule has 0 aromatic heterocycles. The first-order chi connectivity index (χ1) is 6.97. The molecule has 60 valence electrons. The first-order valence-electron chi connectivity index (χ1n) is 5.39. The van der Waals surface area contributed by atoms with Crippen LogP contribution in [0.5, 0.6) is 0 Å². The molecule has 0 aromatic carbocycles. The van der Waals surface area contributed by atoms with E-state index in [4.69, 9.17) is 0 Å². The number of allylic oxidation sites excluding steroid dienone is 12. The molecule has 0 aliphatic heterocycles. The Morgan fingerprint density at radius 2 is 1.14 bits per heavy atom. The Morgan fingerprint density at radius 1 is 0.643 bits per heavy atom. The van der Waals surface area contributed by atoms with Gasteiger partial charge in [-0.15, -0.1) is 0 Å². The van der Waals surface area contributed by atoms with E-state index in [-0.39, 0.29) is 0 Å². The molecule has 9 aliphatic rings. The first-order valence-corrected chi connectivity index (χ1v) is 5.39. The van der Waals surface area contributed by atoms with Crippen LogP contribution in [-0.2, 0) is 0 Å². The van der Waals surface area contributed by atoms with E-state index in [0.717, 1.165) is 11.8 Å². The summed E-state index contributed by atoms with van der Waals surface area (Å²) in [6.07, 6.45) is 4.91. The van der Waals surface area contributed by atoms with Crippen molar-refractivity contribution in [3.63, 3.8) is 0 Å². The van der Waals surface area contributed by atoms with E-state index in [9.17, 15) is 0 Å². The molecule has 0 spiro atoms. The standard InChI is InChI=1S/C14H4/c1-3-7-8(3)12-5(1)11(7)13-6-2-4-9(13)10(4)14(6)12/h1-2,7,10H. The summed E-state index contributed by atoms with van der Waals surface area (Å²) < 4.78 is 0. The summed E-state index contributed by atoms with van der Waals surface area (Å²) in [6.45, 7) is 0. The van der Waals surface area contributed by atoms with Gasteiger partial charge in [-0.05, 0) is 67.9 Å². The molecule has 2 unspecified atom stereocenters. The van der Waals surface area contributed by atoms with Gasteiger partial charge in [-0.2, -0.15) is 0 Å². The Hall–Kier alpha value is -1.56. The van der Waals surface area contributed by atoms with Crippen LogP contribution in [0.15, 0.2) is 67.9 Å². The summed E-state index contributed by atoms with van der Waals surface area (Å²) in [5, 5.41) is 0. The van der Waals surface area contributed by atoms with Crippen molar-refractivity contribution in [2.24, 2.45) is 11.8 Å². The van der Waals surface area contributed by atoms with E-state index < -0.39 is 0 Å². The molecule has 0 heteroatoms. The van der Waals surface area contributed by atoms with Gasteiger partial charge in [0.25, 0.3) is 0 Å². The van der Waals surface area contributed by atoms with E-state index in [2.05, 4.69) is 12.2 Å². The molecule has 2 atom stereocenters. The summed E-state index contributed by atoms with van der Waals surface area (Å²) >= 11 is 0. The SMILES string of the molecule is C1=C2C3=C4C1=C(C1=C5C6=CC1=C4C65)C23. The maximum absolute atomic E-state index is 2.46. The minimum atomic E-state index is 0.796. The molecule has 2 saturated carbocycles. The van der Waals surface area contributed by atoms with Gasteiger partial charge in [-0.25, -0.2) is 0 Å². The van der Waals surface area contributed by atoms with Crippen LogP contribution < -0.4 is 0 Å². The van der Waals surface area contributed by atoms with Gasteiger partial charge in [0.05, 0.1) is 0 Å². The molecule has 9 aliphatic carbocycles. The monoisotopic (exact) mass is 172 g/mol. The highest BCUT2D eigenvalue weighted by molar-refractivity contribution is 6.03. The van der Waals surface area contributed by atoms with Crippen molar-refractivity contribution in [1.82, 2.24) is 0 Å². The normalized spacial score (nSPS) is 43.4. The van der Waals surface area contributed by atoms with Crippen molar-refractivity contribution >= 4 is 0 Å². The van der Waals surface area contributed by atoms with Crippen LogP contribution in [0.3, 0.4) is 0 Å². The van der Waals surface area contributed by atoms with E-state index in [1.54, 1.807) is 55.7 Å². The number of hydrogen-bond donors (Lipinski definition) is 0. The first kappa shape index (κ1) is 4.79. The second-order valence-electron chi connectivity index (χ2n) is 5.30. The Kier molecular flexibility index (Phi) is 0.321. The smallest absolute Gasteiger partial charge is 0.0365 e. The Labute approximate surface area is 80.3 Å².